The lowest BCUT2D eigenvalue weighted by molar-refractivity contribution is -0.123. The van der Waals surface area contributed by atoms with E-state index in [1.54, 1.807) is 18.2 Å². The van der Waals surface area contributed by atoms with Crippen LogP contribution in [0.25, 0.3) is 0 Å². The Bertz CT molecular complexity index is 681. The number of ether oxygens (including phenoxy) is 1. The Morgan fingerprint density at radius 3 is 2.73 bits per heavy atom. The highest BCUT2D eigenvalue weighted by atomic mass is 79.9. The zero-order valence-corrected chi connectivity index (χ0v) is 13.5. The molecule has 4 nitrogen and oxygen atoms in total. The van der Waals surface area contributed by atoms with Crippen LogP contribution < -0.4 is 10.1 Å². The van der Waals surface area contributed by atoms with Crippen molar-refractivity contribution in [3.8, 4) is 11.8 Å². The van der Waals surface area contributed by atoms with Crippen LogP contribution in [0.15, 0.2) is 53.0 Å². The summed E-state index contributed by atoms with van der Waals surface area (Å²) in [7, 11) is 0. The van der Waals surface area contributed by atoms with Crippen molar-refractivity contribution in [1.29, 1.82) is 5.26 Å². The Balaban J connectivity index is 1.77. The molecule has 0 atom stereocenters. The molecule has 0 bridgehead atoms. The van der Waals surface area contributed by atoms with E-state index in [1.165, 1.54) is 5.56 Å². The molecule has 0 aliphatic carbocycles. The van der Waals surface area contributed by atoms with Crippen LogP contribution >= 0.6 is 15.9 Å². The van der Waals surface area contributed by atoms with Crippen LogP contribution in [0.3, 0.4) is 0 Å². The van der Waals surface area contributed by atoms with Crippen molar-refractivity contribution in [3.05, 3.63) is 64.1 Å². The van der Waals surface area contributed by atoms with Gasteiger partial charge in [-0.05, 0) is 30.2 Å². The number of amides is 1. The van der Waals surface area contributed by atoms with Gasteiger partial charge < -0.3 is 10.1 Å². The molecule has 0 aliphatic heterocycles. The van der Waals surface area contributed by atoms with Gasteiger partial charge >= 0.3 is 0 Å². The van der Waals surface area contributed by atoms with Crippen LogP contribution in [0.4, 0.5) is 0 Å². The zero-order valence-electron chi connectivity index (χ0n) is 11.9. The lowest BCUT2D eigenvalue weighted by Crippen LogP contribution is -2.30. The molecule has 0 unspecified atom stereocenters. The number of hydrogen-bond donors (Lipinski definition) is 1. The number of carbonyl (C=O) groups excluding carboxylic acids is 1. The molecule has 0 heterocycles. The number of nitrogens with zero attached hydrogens (tertiary/aromatic N) is 1. The van der Waals surface area contributed by atoms with E-state index in [0.717, 1.165) is 10.9 Å². The standard InChI is InChI=1S/C17H15BrN2O2/c18-15-6-7-16(14(10-15)11-19)22-12-17(21)20-9-8-13-4-2-1-3-5-13/h1-7,10H,8-9,12H2,(H,20,21). The van der Waals surface area contributed by atoms with Crippen molar-refractivity contribution < 1.29 is 9.53 Å². The van der Waals surface area contributed by atoms with Crippen LogP contribution in [0, 0.1) is 11.3 Å². The van der Waals surface area contributed by atoms with Crippen LogP contribution in [0.5, 0.6) is 5.75 Å². The molecule has 2 aromatic carbocycles. The van der Waals surface area contributed by atoms with Gasteiger partial charge in [0.25, 0.3) is 5.91 Å². The normalized spacial score (nSPS) is 9.82. The number of benzene rings is 2. The minimum absolute atomic E-state index is 0.106. The summed E-state index contributed by atoms with van der Waals surface area (Å²) in [4.78, 5) is 11.7. The van der Waals surface area contributed by atoms with E-state index < -0.39 is 0 Å². The predicted molar refractivity (Wildman–Crippen MR) is 87.5 cm³/mol. The lowest BCUT2D eigenvalue weighted by Gasteiger charge is -2.09. The molecule has 2 rings (SSSR count). The topological polar surface area (TPSA) is 62.1 Å². The highest BCUT2D eigenvalue weighted by Gasteiger charge is 2.07. The van der Waals surface area contributed by atoms with E-state index in [4.69, 9.17) is 10.00 Å². The molecule has 0 spiro atoms. The van der Waals surface area contributed by atoms with Gasteiger partial charge in [-0.1, -0.05) is 46.3 Å². The third kappa shape index (κ3) is 4.90. The molecule has 1 N–H and O–H groups in total. The monoisotopic (exact) mass is 358 g/mol. The summed E-state index contributed by atoms with van der Waals surface area (Å²) in [6, 6.07) is 17.1. The molecular formula is C17H15BrN2O2. The Hall–Kier alpha value is -2.32. The molecule has 5 heteroatoms. The Kier molecular flexibility index (Phi) is 5.99. The zero-order chi connectivity index (χ0) is 15.8. The molecule has 112 valence electrons. The summed E-state index contributed by atoms with van der Waals surface area (Å²) < 4.78 is 6.19. The van der Waals surface area contributed by atoms with E-state index in [9.17, 15) is 4.79 Å². The van der Waals surface area contributed by atoms with Gasteiger partial charge in [-0.15, -0.1) is 0 Å². The van der Waals surface area contributed by atoms with E-state index >= 15 is 0 Å². The second-order valence-electron chi connectivity index (χ2n) is 4.63. The van der Waals surface area contributed by atoms with E-state index in [-0.39, 0.29) is 12.5 Å². The fourth-order valence-corrected chi connectivity index (χ4v) is 2.26. The van der Waals surface area contributed by atoms with Crippen LogP contribution in [0.2, 0.25) is 0 Å². The number of nitriles is 1. The number of hydrogen-bond acceptors (Lipinski definition) is 3. The summed E-state index contributed by atoms with van der Waals surface area (Å²) in [5.41, 5.74) is 1.56. The summed E-state index contributed by atoms with van der Waals surface area (Å²) in [6.07, 6.45) is 0.772. The smallest absolute Gasteiger partial charge is 0.257 e. The fraction of sp³-hybridized carbons (Fsp3) is 0.176. The molecule has 2 aromatic rings. The number of rotatable bonds is 6. The summed E-state index contributed by atoms with van der Waals surface area (Å²) >= 11 is 3.29. The summed E-state index contributed by atoms with van der Waals surface area (Å²) in [6.45, 7) is 0.447. The summed E-state index contributed by atoms with van der Waals surface area (Å²) in [5.74, 6) is 0.201. The van der Waals surface area contributed by atoms with Crippen LogP contribution in [-0.4, -0.2) is 19.1 Å². The average Bonchev–Trinajstić information content (AvgIpc) is 2.54. The largest absolute Gasteiger partial charge is 0.482 e. The van der Waals surface area contributed by atoms with Gasteiger partial charge in [-0.3, -0.25) is 4.79 Å². The minimum Gasteiger partial charge on any atom is -0.482 e. The maximum Gasteiger partial charge on any atom is 0.257 e. The molecule has 0 radical (unpaired) electrons. The first-order valence-electron chi connectivity index (χ1n) is 6.82. The molecule has 0 saturated heterocycles. The quantitative estimate of drug-likeness (QED) is 0.862. The lowest BCUT2D eigenvalue weighted by atomic mass is 10.1. The first kappa shape index (κ1) is 16.1. The minimum atomic E-state index is -0.206. The van der Waals surface area contributed by atoms with Gasteiger partial charge in [-0.25, -0.2) is 0 Å². The van der Waals surface area contributed by atoms with Gasteiger partial charge in [0.2, 0.25) is 0 Å². The van der Waals surface area contributed by atoms with Gasteiger partial charge in [0.05, 0.1) is 5.56 Å². The highest BCUT2D eigenvalue weighted by molar-refractivity contribution is 9.10. The number of halogens is 1. The van der Waals surface area contributed by atoms with Crippen LogP contribution in [0.1, 0.15) is 11.1 Å². The van der Waals surface area contributed by atoms with Crippen molar-refractivity contribution in [2.75, 3.05) is 13.2 Å². The first-order chi connectivity index (χ1) is 10.7. The Morgan fingerprint density at radius 2 is 2.00 bits per heavy atom. The second-order valence-corrected chi connectivity index (χ2v) is 5.54. The van der Waals surface area contributed by atoms with E-state index in [1.807, 2.05) is 36.4 Å². The van der Waals surface area contributed by atoms with Crippen molar-refractivity contribution >= 4 is 21.8 Å². The Labute approximate surface area is 137 Å². The van der Waals surface area contributed by atoms with Crippen molar-refractivity contribution in [3.63, 3.8) is 0 Å². The molecule has 0 fully saturated rings. The van der Waals surface area contributed by atoms with Gasteiger partial charge in [0, 0.05) is 11.0 Å². The average molecular weight is 359 g/mol. The third-order valence-electron chi connectivity index (χ3n) is 3.00. The highest BCUT2D eigenvalue weighted by Crippen LogP contribution is 2.22. The summed E-state index contributed by atoms with van der Waals surface area (Å²) in [5, 5.41) is 11.8. The molecule has 1 amide bonds. The number of carbonyl (C=O) groups is 1. The molecular weight excluding hydrogens is 344 g/mol. The van der Waals surface area contributed by atoms with Crippen molar-refractivity contribution in [1.82, 2.24) is 5.32 Å². The van der Waals surface area contributed by atoms with E-state index in [0.29, 0.717) is 17.9 Å². The Morgan fingerprint density at radius 1 is 1.23 bits per heavy atom. The fourth-order valence-electron chi connectivity index (χ4n) is 1.90. The first-order valence-corrected chi connectivity index (χ1v) is 7.61. The van der Waals surface area contributed by atoms with Crippen molar-refractivity contribution in [2.24, 2.45) is 0 Å². The predicted octanol–water partition coefficient (Wildman–Crippen LogP) is 3.06. The maximum atomic E-state index is 11.7. The maximum absolute atomic E-state index is 11.7. The van der Waals surface area contributed by atoms with Gasteiger partial charge in [0.15, 0.2) is 6.61 Å². The van der Waals surface area contributed by atoms with Gasteiger partial charge in [0.1, 0.15) is 11.8 Å². The molecule has 22 heavy (non-hydrogen) atoms. The number of nitrogens with one attached hydrogen (secondary N) is 1. The molecule has 0 aromatic heterocycles. The molecule has 0 saturated carbocycles. The van der Waals surface area contributed by atoms with Gasteiger partial charge in [-0.2, -0.15) is 5.26 Å². The van der Waals surface area contributed by atoms with E-state index in [2.05, 4.69) is 21.2 Å². The second kappa shape index (κ2) is 8.20. The third-order valence-corrected chi connectivity index (χ3v) is 3.49. The molecule has 0 aliphatic rings. The van der Waals surface area contributed by atoms with Crippen molar-refractivity contribution in [2.45, 2.75) is 6.42 Å². The van der Waals surface area contributed by atoms with Crippen LogP contribution in [-0.2, 0) is 11.2 Å². The SMILES string of the molecule is N#Cc1cc(Br)ccc1OCC(=O)NCCc1ccccc1.